The van der Waals surface area contributed by atoms with E-state index < -0.39 is 148 Å². The van der Waals surface area contributed by atoms with Crippen LogP contribution in [0.4, 0.5) is 4.39 Å². The zero-order valence-corrected chi connectivity index (χ0v) is 73.2. The quantitative estimate of drug-likeness (QED) is 0.0350. The van der Waals surface area contributed by atoms with Crippen molar-refractivity contribution in [1.29, 1.82) is 0 Å². The monoisotopic (exact) mass is 1790 g/mol. The average Bonchev–Trinajstić information content (AvgIpc) is 1.58. The Bertz CT molecular complexity index is 5370. The molecule has 17 rings (SSSR count). The lowest BCUT2D eigenvalue weighted by Crippen LogP contribution is -2.68. The number of ether oxygens (including phenoxy) is 18. The predicted molar refractivity (Wildman–Crippen MR) is 487 cm³/mol. The van der Waals surface area contributed by atoms with Crippen molar-refractivity contribution in [3.05, 3.63) is 430 Å². The van der Waals surface area contributed by atoms with Gasteiger partial charge < -0.3 is 90.4 Å². The minimum atomic E-state index is -2.20. The summed E-state index contributed by atoms with van der Waals surface area (Å²) in [5.74, 6) is -1.22. The van der Waals surface area contributed by atoms with Crippen LogP contribution in [0.3, 0.4) is 0 Å². The molecule has 0 spiro atoms. The van der Waals surface area contributed by atoms with Crippen molar-refractivity contribution < 1.29 is 104 Å². The fourth-order valence-corrected chi connectivity index (χ4v) is 17.2. The van der Waals surface area contributed by atoms with Crippen LogP contribution in [0, 0.1) is 0 Å². The van der Waals surface area contributed by atoms with Crippen molar-refractivity contribution in [2.24, 2.45) is 0 Å². The van der Waals surface area contributed by atoms with Gasteiger partial charge in [-0.3, -0.25) is 14.5 Å². The number of rotatable bonds is 44. The average molecular weight is 1790 g/mol. The van der Waals surface area contributed by atoms with Crippen LogP contribution in [0.15, 0.2) is 358 Å². The van der Waals surface area contributed by atoms with Crippen LogP contribution in [0.25, 0.3) is 0 Å². The number of hydrogen-bond acceptors (Lipinski definition) is 21. The highest BCUT2D eigenvalue weighted by molar-refractivity contribution is 6.21. The Hall–Kier alpha value is -11.1. The number of hydrogen-bond donors (Lipinski definition) is 1. The first kappa shape index (κ1) is 92.8. The van der Waals surface area contributed by atoms with Crippen LogP contribution >= 0.6 is 0 Å². The normalized spacial score (nSPS) is 26.0. The SMILES string of the molecule is O=C1c2ccccc2C(=O)N1C1[C@H](OCC2O[C@H](OC3[C@@H](OCC4O[C@H](F)C(OCc5ccccc5)[C@@H](O)[C@@H]4OCc4ccccc4)OC(COCc4ccccc4)[C@@H](OCc4ccccc4)[C@@H]3OCc3ccccc3)C(OCc3ccccc3)[C@@H](OCc3ccccc3)[C@@H]2OCc2ccccc2)OC(COCc2ccccc2)[C@@H](OCc2ccccc2)[C@@H]1OCc1ccccc1. The zero-order valence-electron chi connectivity index (χ0n) is 73.2. The summed E-state index contributed by atoms with van der Waals surface area (Å²) in [6.45, 7) is -0.785. The van der Waals surface area contributed by atoms with E-state index in [1.807, 2.05) is 334 Å². The lowest BCUT2D eigenvalue weighted by atomic mass is 9.94. The Morgan fingerprint density at radius 2 is 0.477 bits per heavy atom. The van der Waals surface area contributed by atoms with E-state index in [9.17, 15) is 5.11 Å². The standard InChI is InChI=1S/C109H110FNO21/c110-104-99(122-67-82-50-26-8-27-51-82)93(112)94(117-62-77-40-16-3-17-41-77)90(128-104)73-127-108-103(101(124-69-84-54-30-10-31-55-84)96(119-64-79-44-20-5-21-45-79)89(130-108)72-116-61-76-38-14-2-15-39-76)132-109-102(125-70-85-56-32-11-33-57-85)100(123-68-83-52-28-9-29-53-83)97(120-65-80-46-22-6-23-47-80)91(131-109)74-126-107-92(111-105(113)86-58-34-35-59-87(86)106(111)114)98(121-66-81-48-24-7-25-49-81)95(118-63-78-42-18-4-19-43-78)88(129-107)71-115-60-75-36-12-1-13-37-75/h1-59,88-104,107-109,112H,60-74H2/t88?,89?,90?,91?,92?,93-,94+,95+,96+,97+,98+,99?,100-,101-,102?,103?,104-,107+,108-,109+/m0/s1. The third kappa shape index (κ3) is 24.7. The Labute approximate surface area is 769 Å². The summed E-state index contributed by atoms with van der Waals surface area (Å²) < 4.78 is 147. The van der Waals surface area contributed by atoms with E-state index in [4.69, 9.17) is 85.3 Å². The number of carbonyl (C=O) groups excluding carboxylic acids is 2. The number of aliphatic hydroxyl groups is 1. The van der Waals surface area contributed by atoms with E-state index >= 15 is 14.0 Å². The van der Waals surface area contributed by atoms with Crippen molar-refractivity contribution in [1.82, 2.24) is 4.90 Å². The highest BCUT2D eigenvalue weighted by atomic mass is 19.1. The molecule has 0 aliphatic carbocycles. The first-order valence-corrected chi connectivity index (χ1v) is 45.1. The molecule has 0 radical (unpaired) electrons. The molecule has 5 aliphatic rings. The fourth-order valence-electron chi connectivity index (χ4n) is 17.2. The molecule has 23 heteroatoms. The van der Waals surface area contributed by atoms with Gasteiger partial charge in [0.05, 0.1) is 110 Å². The Morgan fingerprint density at radius 1 is 0.235 bits per heavy atom. The van der Waals surface area contributed by atoms with E-state index in [1.54, 1.807) is 24.3 Å². The Kier molecular flexibility index (Phi) is 33.4. The van der Waals surface area contributed by atoms with Gasteiger partial charge >= 0.3 is 0 Å². The zero-order chi connectivity index (χ0) is 89.8. The molecule has 684 valence electrons. The van der Waals surface area contributed by atoms with Gasteiger partial charge in [0, 0.05) is 0 Å². The number of benzene rings is 12. The van der Waals surface area contributed by atoms with E-state index in [1.165, 1.54) is 4.90 Å². The molecule has 4 saturated heterocycles. The number of carbonyl (C=O) groups is 2. The van der Waals surface area contributed by atoms with Gasteiger partial charge in [0.2, 0.25) is 6.36 Å². The van der Waals surface area contributed by atoms with E-state index in [0.717, 1.165) is 61.2 Å². The van der Waals surface area contributed by atoms with Gasteiger partial charge in [0.25, 0.3) is 11.8 Å². The van der Waals surface area contributed by atoms with Gasteiger partial charge in [-0.1, -0.05) is 346 Å². The topological polar surface area (TPSA) is 224 Å². The van der Waals surface area contributed by atoms with E-state index in [2.05, 4.69) is 0 Å². The maximum absolute atomic E-state index is 17.4. The minimum absolute atomic E-state index is 0.000825. The molecule has 0 saturated carbocycles. The maximum atomic E-state index is 17.4. The molecule has 132 heavy (non-hydrogen) atoms. The second-order valence-corrected chi connectivity index (χ2v) is 33.3. The smallest absolute Gasteiger partial charge is 0.262 e. The summed E-state index contributed by atoms with van der Waals surface area (Å²) in [6.07, 6.45) is -25.8. The highest BCUT2D eigenvalue weighted by Gasteiger charge is 2.59. The van der Waals surface area contributed by atoms with Crippen LogP contribution in [0.5, 0.6) is 0 Å². The molecular weight excluding hydrogens is 1680 g/mol. The van der Waals surface area contributed by atoms with Crippen molar-refractivity contribution in [3.63, 3.8) is 0 Å². The fraction of sp³-hybridized carbons (Fsp3) is 0.321. The summed E-state index contributed by atoms with van der Waals surface area (Å²) >= 11 is 0. The van der Waals surface area contributed by atoms with Gasteiger partial charge in [-0.25, -0.2) is 4.39 Å². The lowest BCUT2D eigenvalue weighted by Gasteiger charge is -2.51. The molecule has 22 nitrogen and oxygen atoms in total. The highest BCUT2D eigenvalue weighted by Crippen LogP contribution is 2.42. The molecule has 20 atom stereocenters. The van der Waals surface area contributed by atoms with Gasteiger partial charge in [-0.15, -0.1) is 0 Å². The molecular formula is C109H110FNO21. The lowest BCUT2D eigenvalue weighted by molar-refractivity contribution is -0.389. The minimum Gasteiger partial charge on any atom is -0.387 e. The third-order valence-electron chi connectivity index (χ3n) is 24.0. The third-order valence-corrected chi connectivity index (χ3v) is 24.0. The van der Waals surface area contributed by atoms with E-state index in [0.29, 0.717) is 0 Å². The van der Waals surface area contributed by atoms with Gasteiger partial charge in [0.1, 0.15) is 97.6 Å². The molecule has 12 aromatic carbocycles. The van der Waals surface area contributed by atoms with Crippen LogP contribution < -0.4 is 0 Å². The number of aliphatic hydroxyl groups excluding tert-OH is 1. The number of nitrogens with zero attached hydrogens (tertiary/aromatic N) is 1. The van der Waals surface area contributed by atoms with Gasteiger partial charge in [-0.2, -0.15) is 0 Å². The molecule has 4 fully saturated rings. The molecule has 5 heterocycles. The number of alkyl halides is 1. The van der Waals surface area contributed by atoms with Crippen molar-refractivity contribution in [2.45, 2.75) is 196 Å². The predicted octanol–water partition coefficient (Wildman–Crippen LogP) is 17.0. The van der Waals surface area contributed by atoms with E-state index in [-0.39, 0.29) is 97.0 Å². The summed E-state index contributed by atoms with van der Waals surface area (Å²) in [5, 5.41) is 12.7. The molecule has 2 amide bonds. The van der Waals surface area contributed by atoms with Crippen LogP contribution in [0.1, 0.15) is 81.9 Å². The summed E-state index contributed by atoms with van der Waals surface area (Å²) in [5.41, 5.74) is 9.29. The van der Waals surface area contributed by atoms with Crippen LogP contribution in [-0.2, 0) is 158 Å². The molecule has 0 aromatic heterocycles. The van der Waals surface area contributed by atoms with Crippen LogP contribution in [0.2, 0.25) is 0 Å². The first-order valence-electron chi connectivity index (χ1n) is 45.1. The Morgan fingerprint density at radius 3 is 0.826 bits per heavy atom. The van der Waals surface area contributed by atoms with Crippen molar-refractivity contribution >= 4 is 11.8 Å². The molecule has 0 bridgehead atoms. The largest absolute Gasteiger partial charge is 0.387 e. The number of imide groups is 1. The number of halogens is 1. The number of amides is 2. The van der Waals surface area contributed by atoms with Crippen LogP contribution in [-0.4, -0.2) is 171 Å². The second-order valence-electron chi connectivity index (χ2n) is 33.3. The molecule has 1 N–H and O–H groups in total. The maximum Gasteiger partial charge on any atom is 0.262 e. The molecule has 5 aliphatic heterocycles. The van der Waals surface area contributed by atoms with Crippen molar-refractivity contribution in [3.8, 4) is 0 Å². The second kappa shape index (κ2) is 47.5. The number of fused-ring (bicyclic) bond motifs is 1. The molecule has 8 unspecified atom stereocenters. The van der Waals surface area contributed by atoms with Gasteiger partial charge in [-0.05, 0) is 73.3 Å². The summed E-state index contributed by atoms with van der Waals surface area (Å²) in [4.78, 5) is 32.6. The first-order chi connectivity index (χ1) is 65.1. The summed E-state index contributed by atoms with van der Waals surface area (Å²) in [7, 11) is 0. The molecule has 12 aromatic rings. The van der Waals surface area contributed by atoms with Gasteiger partial charge in [0.15, 0.2) is 18.9 Å². The Balaban J connectivity index is 0.800. The van der Waals surface area contributed by atoms with Crippen molar-refractivity contribution in [2.75, 3.05) is 26.4 Å². The summed E-state index contributed by atoms with van der Waals surface area (Å²) in [6, 6.07) is 111.